The zero-order valence-electron chi connectivity index (χ0n) is 11.6. The van der Waals surface area contributed by atoms with Crippen LogP contribution in [0.1, 0.15) is 19.3 Å². The maximum atomic E-state index is 13.2. The van der Waals surface area contributed by atoms with Crippen molar-refractivity contribution in [3.05, 3.63) is 0 Å². The van der Waals surface area contributed by atoms with Crippen LogP contribution in [0.5, 0.6) is 0 Å². The predicted octanol–water partition coefficient (Wildman–Crippen LogP) is 0.524. The van der Waals surface area contributed by atoms with Crippen molar-refractivity contribution in [3.8, 4) is 0 Å². The first kappa shape index (κ1) is 17.7. The number of rotatable bonds is 7. The number of methoxy groups -OCH3 is 1. The Morgan fingerprint density at radius 2 is 2.14 bits per heavy atom. The number of alkyl halides is 3. The lowest BCUT2D eigenvalue weighted by Crippen LogP contribution is -2.55. The summed E-state index contributed by atoms with van der Waals surface area (Å²) in [6.07, 6.45) is -4.79. The van der Waals surface area contributed by atoms with Crippen LogP contribution in [0.25, 0.3) is 0 Å². The van der Waals surface area contributed by atoms with Crippen molar-refractivity contribution in [2.24, 2.45) is 5.41 Å². The third-order valence-corrected chi connectivity index (χ3v) is 3.58. The largest absolute Gasteiger partial charge is 0.480 e. The minimum Gasteiger partial charge on any atom is -0.480 e. The van der Waals surface area contributed by atoms with Crippen LogP contribution in [-0.2, 0) is 14.3 Å². The Kier molecular flexibility index (Phi) is 5.97. The van der Waals surface area contributed by atoms with Gasteiger partial charge in [-0.1, -0.05) is 0 Å². The van der Waals surface area contributed by atoms with E-state index >= 15 is 0 Å². The molecule has 0 aromatic rings. The zero-order chi connectivity index (χ0) is 16.1. The molecule has 2 unspecified atom stereocenters. The first-order valence-electron chi connectivity index (χ1n) is 6.55. The summed E-state index contributed by atoms with van der Waals surface area (Å²) in [6, 6.07) is -1.35. The molecule has 1 fully saturated rings. The molecule has 0 aromatic carbocycles. The molecule has 1 saturated heterocycles. The van der Waals surface area contributed by atoms with E-state index in [1.807, 2.05) is 5.32 Å². The molecule has 6 nitrogen and oxygen atoms in total. The van der Waals surface area contributed by atoms with E-state index < -0.39 is 42.5 Å². The van der Waals surface area contributed by atoms with Crippen LogP contribution in [0.2, 0.25) is 0 Å². The Morgan fingerprint density at radius 1 is 1.48 bits per heavy atom. The summed E-state index contributed by atoms with van der Waals surface area (Å²) in [5.41, 5.74) is -2.55. The number of hydrogen-bond donors (Lipinski definition) is 3. The number of carbonyl (C=O) groups excluding carboxylic acids is 1. The topological polar surface area (TPSA) is 87.7 Å². The van der Waals surface area contributed by atoms with Gasteiger partial charge in [0.2, 0.25) is 5.91 Å². The van der Waals surface area contributed by atoms with E-state index in [0.29, 0.717) is 6.42 Å². The van der Waals surface area contributed by atoms with Crippen LogP contribution in [0.4, 0.5) is 13.2 Å². The van der Waals surface area contributed by atoms with Crippen molar-refractivity contribution in [1.29, 1.82) is 0 Å². The monoisotopic (exact) mass is 312 g/mol. The van der Waals surface area contributed by atoms with E-state index in [0.717, 1.165) is 0 Å². The van der Waals surface area contributed by atoms with Gasteiger partial charge >= 0.3 is 12.1 Å². The lowest BCUT2D eigenvalue weighted by Gasteiger charge is -2.30. The quantitative estimate of drug-likeness (QED) is 0.597. The Balaban J connectivity index is 2.77. The fourth-order valence-corrected chi connectivity index (χ4v) is 2.24. The van der Waals surface area contributed by atoms with E-state index in [-0.39, 0.29) is 19.6 Å². The smallest absolute Gasteiger partial charge is 0.404 e. The SMILES string of the molecule is COCCCC(NC(=O)C1(C(F)(F)F)CCNC1)C(=O)O. The highest BCUT2D eigenvalue weighted by Gasteiger charge is 2.61. The van der Waals surface area contributed by atoms with Crippen LogP contribution in [0.3, 0.4) is 0 Å². The second-order valence-electron chi connectivity index (χ2n) is 5.01. The first-order valence-corrected chi connectivity index (χ1v) is 6.55. The van der Waals surface area contributed by atoms with Crippen LogP contribution < -0.4 is 10.6 Å². The zero-order valence-corrected chi connectivity index (χ0v) is 11.6. The molecular weight excluding hydrogens is 293 g/mol. The van der Waals surface area contributed by atoms with Crippen molar-refractivity contribution in [1.82, 2.24) is 10.6 Å². The van der Waals surface area contributed by atoms with Gasteiger partial charge in [0.1, 0.15) is 6.04 Å². The van der Waals surface area contributed by atoms with Crippen molar-refractivity contribution in [2.75, 3.05) is 26.8 Å². The van der Waals surface area contributed by atoms with E-state index in [9.17, 15) is 22.8 Å². The van der Waals surface area contributed by atoms with Gasteiger partial charge in [-0.25, -0.2) is 4.79 Å². The van der Waals surface area contributed by atoms with Gasteiger partial charge in [-0.05, 0) is 25.8 Å². The molecule has 3 N–H and O–H groups in total. The summed E-state index contributed by atoms with van der Waals surface area (Å²) in [6.45, 7) is -0.202. The van der Waals surface area contributed by atoms with Gasteiger partial charge in [-0.15, -0.1) is 0 Å². The lowest BCUT2D eigenvalue weighted by molar-refractivity contribution is -0.216. The third-order valence-electron chi connectivity index (χ3n) is 3.58. The maximum Gasteiger partial charge on any atom is 0.404 e. The fraction of sp³-hybridized carbons (Fsp3) is 0.833. The Morgan fingerprint density at radius 3 is 2.57 bits per heavy atom. The van der Waals surface area contributed by atoms with Gasteiger partial charge in [-0.3, -0.25) is 4.79 Å². The molecule has 0 aliphatic carbocycles. The molecule has 1 heterocycles. The molecule has 0 radical (unpaired) electrons. The van der Waals surface area contributed by atoms with E-state index in [4.69, 9.17) is 9.84 Å². The molecule has 0 aromatic heterocycles. The van der Waals surface area contributed by atoms with Crippen LogP contribution in [0, 0.1) is 5.41 Å². The molecule has 1 amide bonds. The summed E-state index contributed by atoms with van der Waals surface area (Å²) in [7, 11) is 1.43. The number of carboxylic acid groups (broad SMARTS) is 1. The Hall–Kier alpha value is -1.35. The second kappa shape index (κ2) is 7.08. The lowest BCUT2D eigenvalue weighted by atomic mass is 9.84. The number of amides is 1. The Labute approximate surface area is 120 Å². The van der Waals surface area contributed by atoms with Gasteiger partial charge in [0, 0.05) is 20.3 Å². The van der Waals surface area contributed by atoms with Gasteiger partial charge in [0.05, 0.1) is 0 Å². The van der Waals surface area contributed by atoms with Gasteiger partial charge in [0.25, 0.3) is 0 Å². The maximum absolute atomic E-state index is 13.2. The summed E-state index contributed by atoms with van der Waals surface area (Å²) < 4.78 is 44.2. The number of carbonyl (C=O) groups is 2. The first-order chi connectivity index (χ1) is 9.74. The fourth-order valence-electron chi connectivity index (χ4n) is 2.24. The number of halogens is 3. The molecule has 21 heavy (non-hydrogen) atoms. The number of nitrogens with one attached hydrogen (secondary N) is 2. The number of ether oxygens (including phenoxy) is 1. The average Bonchev–Trinajstić information content (AvgIpc) is 2.87. The second-order valence-corrected chi connectivity index (χ2v) is 5.01. The molecule has 1 rings (SSSR count). The summed E-state index contributed by atoms with van der Waals surface area (Å²) >= 11 is 0. The summed E-state index contributed by atoms with van der Waals surface area (Å²) in [4.78, 5) is 23.0. The van der Waals surface area contributed by atoms with Gasteiger partial charge < -0.3 is 20.5 Å². The molecule has 122 valence electrons. The minimum atomic E-state index is -4.73. The predicted molar refractivity (Wildman–Crippen MR) is 66.7 cm³/mol. The van der Waals surface area contributed by atoms with Gasteiger partial charge in [0.15, 0.2) is 5.41 Å². The molecular formula is C12H19F3N2O4. The van der Waals surface area contributed by atoms with Crippen LogP contribution >= 0.6 is 0 Å². The number of hydrogen-bond acceptors (Lipinski definition) is 4. The highest BCUT2D eigenvalue weighted by atomic mass is 19.4. The van der Waals surface area contributed by atoms with Crippen molar-refractivity contribution < 1.29 is 32.6 Å². The molecule has 1 aliphatic heterocycles. The Bertz CT molecular complexity index is 381. The standard InChI is InChI=1S/C12H19F3N2O4/c1-21-6-2-3-8(9(18)19)17-10(20)11(12(13,14)15)4-5-16-7-11/h8,16H,2-7H2,1H3,(H,17,20)(H,18,19). The van der Waals surface area contributed by atoms with Gasteiger partial charge in [-0.2, -0.15) is 13.2 Å². The molecule has 9 heteroatoms. The average molecular weight is 312 g/mol. The van der Waals surface area contributed by atoms with E-state index in [1.54, 1.807) is 0 Å². The van der Waals surface area contributed by atoms with Crippen LogP contribution in [-0.4, -0.2) is 56.0 Å². The minimum absolute atomic E-state index is 0.0102. The molecule has 1 aliphatic rings. The normalized spacial score (nSPS) is 23.8. The molecule has 0 bridgehead atoms. The van der Waals surface area contributed by atoms with E-state index in [1.165, 1.54) is 7.11 Å². The molecule has 2 atom stereocenters. The third kappa shape index (κ3) is 4.07. The summed E-state index contributed by atoms with van der Waals surface area (Å²) in [5, 5.41) is 13.5. The molecule has 0 saturated carbocycles. The van der Waals surface area contributed by atoms with Crippen molar-refractivity contribution in [2.45, 2.75) is 31.5 Å². The van der Waals surface area contributed by atoms with Crippen LogP contribution in [0.15, 0.2) is 0 Å². The number of aliphatic carboxylic acids is 1. The highest BCUT2D eigenvalue weighted by Crippen LogP contribution is 2.43. The van der Waals surface area contributed by atoms with E-state index in [2.05, 4.69) is 5.32 Å². The summed E-state index contributed by atoms with van der Waals surface area (Å²) in [5.74, 6) is -2.65. The highest BCUT2D eigenvalue weighted by molar-refractivity contribution is 5.88. The molecule has 0 spiro atoms. The van der Waals surface area contributed by atoms with Crippen molar-refractivity contribution in [3.63, 3.8) is 0 Å². The number of carboxylic acids is 1. The van der Waals surface area contributed by atoms with Crippen molar-refractivity contribution >= 4 is 11.9 Å².